The van der Waals surface area contributed by atoms with Crippen molar-refractivity contribution in [3.8, 4) is 17.9 Å². The molecule has 0 unspecified atom stereocenters. The van der Waals surface area contributed by atoms with Crippen molar-refractivity contribution in [1.82, 2.24) is 0 Å². The third kappa shape index (κ3) is 2.06. The van der Waals surface area contributed by atoms with E-state index in [4.69, 9.17) is 15.6 Å². The standard InChI is InChI=1S/C10H5F3N2O/c11-10(12,13)9-7(3-4-14)6(5-15)1-2-8(9)16/h1-2,16H,3H2. The minimum absolute atomic E-state index is 0.258. The number of nitriles is 2. The Balaban J connectivity index is 3.57. The van der Waals surface area contributed by atoms with Crippen LogP contribution in [0.5, 0.6) is 5.75 Å². The van der Waals surface area contributed by atoms with E-state index in [1.807, 2.05) is 0 Å². The zero-order chi connectivity index (χ0) is 12.3. The monoisotopic (exact) mass is 226 g/mol. The molecule has 6 heteroatoms. The van der Waals surface area contributed by atoms with E-state index in [2.05, 4.69) is 0 Å². The third-order valence-corrected chi connectivity index (χ3v) is 1.95. The topological polar surface area (TPSA) is 67.8 Å². The van der Waals surface area contributed by atoms with E-state index >= 15 is 0 Å². The molecule has 0 aliphatic rings. The summed E-state index contributed by atoms with van der Waals surface area (Å²) >= 11 is 0. The molecule has 0 spiro atoms. The molecule has 1 aromatic carbocycles. The van der Waals surface area contributed by atoms with Crippen LogP contribution in [0.1, 0.15) is 16.7 Å². The van der Waals surface area contributed by atoms with Gasteiger partial charge in [-0.05, 0) is 17.7 Å². The summed E-state index contributed by atoms with van der Waals surface area (Å²) in [6.07, 6.45) is -5.37. The van der Waals surface area contributed by atoms with E-state index in [-0.39, 0.29) is 5.56 Å². The predicted molar refractivity (Wildman–Crippen MR) is 47.1 cm³/mol. The number of phenols is 1. The van der Waals surface area contributed by atoms with Crippen LogP contribution >= 0.6 is 0 Å². The van der Waals surface area contributed by atoms with E-state index in [9.17, 15) is 13.2 Å². The number of benzene rings is 1. The molecule has 0 fully saturated rings. The summed E-state index contributed by atoms with van der Waals surface area (Å²) in [7, 11) is 0. The average molecular weight is 226 g/mol. The maximum atomic E-state index is 12.6. The Labute approximate surface area is 89.0 Å². The van der Waals surface area contributed by atoms with E-state index in [1.165, 1.54) is 6.07 Å². The Morgan fingerprint density at radius 1 is 1.25 bits per heavy atom. The van der Waals surface area contributed by atoms with Crippen molar-refractivity contribution in [3.63, 3.8) is 0 Å². The van der Waals surface area contributed by atoms with Gasteiger partial charge in [0.1, 0.15) is 11.3 Å². The molecule has 0 heterocycles. The van der Waals surface area contributed by atoms with Gasteiger partial charge >= 0.3 is 6.18 Å². The average Bonchev–Trinajstić information content (AvgIpc) is 2.16. The quantitative estimate of drug-likeness (QED) is 0.799. The number of nitrogens with zero attached hydrogens (tertiary/aromatic N) is 2. The van der Waals surface area contributed by atoms with Crippen molar-refractivity contribution < 1.29 is 18.3 Å². The summed E-state index contributed by atoms with van der Waals surface area (Å²) in [6, 6.07) is 4.94. The van der Waals surface area contributed by atoms with Gasteiger partial charge in [0.05, 0.1) is 24.1 Å². The van der Waals surface area contributed by atoms with E-state index in [0.717, 1.165) is 12.1 Å². The van der Waals surface area contributed by atoms with Crippen molar-refractivity contribution in [1.29, 1.82) is 10.5 Å². The lowest BCUT2D eigenvalue weighted by molar-refractivity contribution is -0.139. The largest absolute Gasteiger partial charge is 0.507 e. The summed E-state index contributed by atoms with van der Waals surface area (Å²) in [5.74, 6) is -0.975. The van der Waals surface area contributed by atoms with Crippen LogP contribution in [-0.4, -0.2) is 5.11 Å². The van der Waals surface area contributed by atoms with Gasteiger partial charge in [0.25, 0.3) is 0 Å². The Morgan fingerprint density at radius 3 is 2.31 bits per heavy atom. The maximum absolute atomic E-state index is 12.6. The molecule has 82 valence electrons. The molecular formula is C10H5F3N2O. The van der Waals surface area contributed by atoms with Crippen molar-refractivity contribution in [3.05, 3.63) is 28.8 Å². The van der Waals surface area contributed by atoms with Gasteiger partial charge in [0.2, 0.25) is 0 Å². The molecule has 1 aromatic rings. The van der Waals surface area contributed by atoms with Gasteiger partial charge in [0, 0.05) is 0 Å². The summed E-state index contributed by atoms with van der Waals surface area (Å²) in [5.41, 5.74) is -2.06. The van der Waals surface area contributed by atoms with Crippen LogP contribution in [0.25, 0.3) is 0 Å². The number of hydrogen-bond acceptors (Lipinski definition) is 3. The molecule has 0 aliphatic heterocycles. The van der Waals surface area contributed by atoms with Crippen LogP contribution < -0.4 is 0 Å². The molecule has 0 amide bonds. The molecule has 0 atom stereocenters. The van der Waals surface area contributed by atoms with Crippen LogP contribution in [0.4, 0.5) is 13.2 Å². The van der Waals surface area contributed by atoms with Crippen LogP contribution in [0.2, 0.25) is 0 Å². The summed E-state index contributed by atoms with van der Waals surface area (Å²) in [6.45, 7) is 0. The van der Waals surface area contributed by atoms with Crippen LogP contribution in [-0.2, 0) is 12.6 Å². The van der Waals surface area contributed by atoms with Crippen molar-refractivity contribution in [2.75, 3.05) is 0 Å². The zero-order valence-corrected chi connectivity index (χ0v) is 7.84. The Morgan fingerprint density at radius 2 is 1.88 bits per heavy atom. The van der Waals surface area contributed by atoms with Crippen LogP contribution in [0.15, 0.2) is 12.1 Å². The van der Waals surface area contributed by atoms with E-state index in [0.29, 0.717) is 0 Å². The third-order valence-electron chi connectivity index (χ3n) is 1.95. The summed E-state index contributed by atoms with van der Waals surface area (Å²) in [5, 5.41) is 26.2. The SMILES string of the molecule is N#CCc1c(C#N)ccc(O)c1C(F)(F)F. The molecule has 1 rings (SSSR count). The van der Waals surface area contributed by atoms with Crippen molar-refractivity contribution >= 4 is 0 Å². The lowest BCUT2D eigenvalue weighted by atomic mass is 9.98. The molecule has 0 saturated carbocycles. The first kappa shape index (κ1) is 11.9. The van der Waals surface area contributed by atoms with Gasteiger partial charge < -0.3 is 5.11 Å². The second kappa shape index (κ2) is 4.11. The molecule has 0 radical (unpaired) electrons. The lowest BCUT2D eigenvalue weighted by Gasteiger charge is -2.13. The van der Waals surface area contributed by atoms with Crippen molar-refractivity contribution in [2.24, 2.45) is 0 Å². The smallest absolute Gasteiger partial charge is 0.420 e. The number of hydrogen-bond donors (Lipinski definition) is 1. The van der Waals surface area contributed by atoms with Gasteiger partial charge in [-0.3, -0.25) is 0 Å². The van der Waals surface area contributed by atoms with Crippen LogP contribution in [0.3, 0.4) is 0 Å². The highest BCUT2D eigenvalue weighted by atomic mass is 19.4. The van der Waals surface area contributed by atoms with E-state index < -0.39 is 29.5 Å². The highest BCUT2D eigenvalue weighted by Crippen LogP contribution is 2.39. The Bertz CT molecular complexity index is 495. The molecule has 0 aromatic heterocycles. The van der Waals surface area contributed by atoms with Gasteiger partial charge in [0.15, 0.2) is 0 Å². The molecule has 0 bridgehead atoms. The number of alkyl halides is 3. The number of halogens is 3. The first-order valence-corrected chi connectivity index (χ1v) is 4.11. The zero-order valence-electron chi connectivity index (χ0n) is 7.84. The fourth-order valence-electron chi connectivity index (χ4n) is 1.32. The summed E-state index contributed by atoms with van der Waals surface area (Å²) < 4.78 is 37.7. The van der Waals surface area contributed by atoms with Gasteiger partial charge in [-0.1, -0.05) is 0 Å². The first-order chi connectivity index (χ1) is 7.41. The Hall–Kier alpha value is -2.21. The first-order valence-electron chi connectivity index (χ1n) is 4.11. The van der Waals surface area contributed by atoms with Crippen molar-refractivity contribution in [2.45, 2.75) is 12.6 Å². The highest BCUT2D eigenvalue weighted by molar-refractivity contribution is 5.51. The highest BCUT2D eigenvalue weighted by Gasteiger charge is 2.37. The minimum atomic E-state index is -4.79. The van der Waals surface area contributed by atoms with E-state index in [1.54, 1.807) is 6.07 Å². The number of aromatic hydroxyl groups is 1. The molecule has 0 saturated heterocycles. The second-order valence-corrected chi connectivity index (χ2v) is 2.93. The molecule has 3 nitrogen and oxygen atoms in total. The fraction of sp³-hybridized carbons (Fsp3) is 0.200. The lowest BCUT2D eigenvalue weighted by Crippen LogP contribution is -2.11. The maximum Gasteiger partial charge on any atom is 0.420 e. The molecule has 1 N–H and O–H groups in total. The van der Waals surface area contributed by atoms with Crippen LogP contribution in [0, 0.1) is 22.7 Å². The summed E-state index contributed by atoms with van der Waals surface area (Å²) in [4.78, 5) is 0. The number of rotatable bonds is 1. The molecule has 16 heavy (non-hydrogen) atoms. The Kier molecular flexibility index (Phi) is 3.05. The predicted octanol–water partition coefficient (Wildman–Crippen LogP) is 2.35. The second-order valence-electron chi connectivity index (χ2n) is 2.93. The molecular weight excluding hydrogens is 221 g/mol. The normalized spacial score (nSPS) is 10.6. The molecule has 0 aliphatic carbocycles. The van der Waals surface area contributed by atoms with Gasteiger partial charge in [-0.2, -0.15) is 23.7 Å². The van der Waals surface area contributed by atoms with Gasteiger partial charge in [-0.25, -0.2) is 0 Å². The fourth-order valence-corrected chi connectivity index (χ4v) is 1.32. The number of phenolic OH excluding ortho intramolecular Hbond substituents is 1. The van der Waals surface area contributed by atoms with Gasteiger partial charge in [-0.15, -0.1) is 0 Å². The minimum Gasteiger partial charge on any atom is -0.507 e.